The van der Waals surface area contributed by atoms with Crippen molar-refractivity contribution in [3.63, 3.8) is 0 Å². The van der Waals surface area contributed by atoms with Gasteiger partial charge in [-0.05, 0) is 35.7 Å². The number of aromatic nitrogens is 1. The summed E-state index contributed by atoms with van der Waals surface area (Å²) in [4.78, 5) is 26.6. The Labute approximate surface area is 151 Å². The Bertz CT molecular complexity index is 899. The summed E-state index contributed by atoms with van der Waals surface area (Å²) in [6.45, 7) is 1.85. The molecule has 0 unspecified atom stereocenters. The van der Waals surface area contributed by atoms with Crippen LogP contribution in [-0.4, -0.2) is 22.0 Å². The molecule has 1 aromatic heterocycles. The van der Waals surface area contributed by atoms with Crippen LogP contribution in [0.25, 0.3) is 11.1 Å². The van der Waals surface area contributed by atoms with Gasteiger partial charge < -0.3 is 15.4 Å². The van der Waals surface area contributed by atoms with Crippen LogP contribution in [0.4, 0.5) is 0 Å². The molecule has 5 heteroatoms. The number of aromatic amines is 1. The van der Waals surface area contributed by atoms with Crippen LogP contribution in [0, 0.1) is 6.92 Å². The molecule has 132 valence electrons. The van der Waals surface area contributed by atoms with E-state index in [1.54, 1.807) is 12.1 Å². The number of rotatable bonds is 6. The van der Waals surface area contributed by atoms with Gasteiger partial charge >= 0.3 is 5.97 Å². The molecule has 26 heavy (non-hydrogen) atoms. The van der Waals surface area contributed by atoms with E-state index in [-0.39, 0.29) is 12.3 Å². The van der Waals surface area contributed by atoms with E-state index in [0.29, 0.717) is 5.69 Å². The van der Waals surface area contributed by atoms with Gasteiger partial charge in [-0.1, -0.05) is 54.6 Å². The molecule has 0 saturated carbocycles. The van der Waals surface area contributed by atoms with Gasteiger partial charge in [0.05, 0.1) is 12.5 Å². The van der Waals surface area contributed by atoms with E-state index in [0.717, 1.165) is 22.4 Å². The molecule has 0 radical (unpaired) electrons. The zero-order valence-electron chi connectivity index (χ0n) is 14.4. The maximum Gasteiger partial charge on any atom is 0.305 e. The van der Waals surface area contributed by atoms with Crippen molar-refractivity contribution in [2.24, 2.45) is 0 Å². The van der Waals surface area contributed by atoms with E-state index in [1.807, 2.05) is 61.5 Å². The summed E-state index contributed by atoms with van der Waals surface area (Å²) < 4.78 is 0. The van der Waals surface area contributed by atoms with Crippen molar-refractivity contribution in [3.8, 4) is 11.1 Å². The number of carboxylic acids is 1. The van der Waals surface area contributed by atoms with Crippen LogP contribution in [0.1, 0.15) is 34.2 Å². The van der Waals surface area contributed by atoms with E-state index < -0.39 is 12.0 Å². The second kappa shape index (κ2) is 7.70. The third kappa shape index (κ3) is 4.19. The molecule has 2 aromatic carbocycles. The quantitative estimate of drug-likeness (QED) is 0.631. The molecule has 0 saturated heterocycles. The number of hydrogen-bond acceptors (Lipinski definition) is 2. The Hall–Kier alpha value is -3.34. The SMILES string of the molecule is Cc1ccc(C(=O)N[C@@H](CC(=O)O)c2ccc(-c3ccccc3)cc2)[nH]1. The predicted octanol–water partition coefficient (Wildman–Crippen LogP) is 3.94. The van der Waals surface area contributed by atoms with E-state index in [1.165, 1.54) is 0 Å². The van der Waals surface area contributed by atoms with Gasteiger partial charge in [0.2, 0.25) is 0 Å². The molecule has 0 aliphatic carbocycles. The van der Waals surface area contributed by atoms with Gasteiger partial charge in [0.1, 0.15) is 5.69 Å². The first-order valence-corrected chi connectivity index (χ1v) is 8.36. The molecule has 3 N–H and O–H groups in total. The summed E-state index contributed by atoms with van der Waals surface area (Å²) in [5, 5.41) is 12.0. The van der Waals surface area contributed by atoms with Gasteiger partial charge in [0, 0.05) is 5.69 Å². The molecule has 3 aromatic rings. The van der Waals surface area contributed by atoms with Crippen LogP contribution in [-0.2, 0) is 4.79 Å². The minimum Gasteiger partial charge on any atom is -0.481 e. The Morgan fingerprint density at radius 3 is 2.19 bits per heavy atom. The van der Waals surface area contributed by atoms with Crippen molar-refractivity contribution in [2.75, 3.05) is 0 Å². The van der Waals surface area contributed by atoms with Gasteiger partial charge in [-0.3, -0.25) is 9.59 Å². The monoisotopic (exact) mass is 348 g/mol. The third-order valence-corrected chi connectivity index (χ3v) is 4.18. The molecule has 0 spiro atoms. The molecule has 1 atom stereocenters. The minimum absolute atomic E-state index is 0.184. The lowest BCUT2D eigenvalue weighted by Crippen LogP contribution is -2.30. The second-order valence-electron chi connectivity index (χ2n) is 6.17. The fourth-order valence-corrected chi connectivity index (χ4v) is 2.84. The number of carboxylic acid groups (broad SMARTS) is 1. The maximum atomic E-state index is 12.4. The summed E-state index contributed by atoms with van der Waals surface area (Å²) >= 11 is 0. The van der Waals surface area contributed by atoms with Gasteiger partial charge in [-0.15, -0.1) is 0 Å². The molecule has 0 aliphatic rings. The predicted molar refractivity (Wildman–Crippen MR) is 99.9 cm³/mol. The molecule has 1 heterocycles. The van der Waals surface area contributed by atoms with Crippen LogP contribution in [0.3, 0.4) is 0 Å². The first-order valence-electron chi connectivity index (χ1n) is 8.36. The lowest BCUT2D eigenvalue weighted by atomic mass is 9.99. The van der Waals surface area contributed by atoms with Gasteiger partial charge in [0.15, 0.2) is 0 Å². The molecule has 5 nitrogen and oxygen atoms in total. The highest BCUT2D eigenvalue weighted by Gasteiger charge is 2.19. The summed E-state index contributed by atoms with van der Waals surface area (Å²) in [7, 11) is 0. The lowest BCUT2D eigenvalue weighted by molar-refractivity contribution is -0.137. The molecular weight excluding hydrogens is 328 g/mol. The van der Waals surface area contributed by atoms with Crippen molar-refractivity contribution in [1.82, 2.24) is 10.3 Å². The van der Waals surface area contributed by atoms with Crippen molar-refractivity contribution < 1.29 is 14.7 Å². The zero-order chi connectivity index (χ0) is 18.5. The first-order chi connectivity index (χ1) is 12.5. The Morgan fingerprint density at radius 1 is 0.962 bits per heavy atom. The number of benzene rings is 2. The fraction of sp³-hybridized carbons (Fsp3) is 0.143. The second-order valence-corrected chi connectivity index (χ2v) is 6.17. The highest BCUT2D eigenvalue weighted by molar-refractivity contribution is 5.93. The van der Waals surface area contributed by atoms with E-state index in [4.69, 9.17) is 0 Å². The molecule has 1 amide bonds. The maximum absolute atomic E-state index is 12.4. The number of nitrogens with one attached hydrogen (secondary N) is 2. The Kier molecular flexibility index (Phi) is 5.17. The number of hydrogen-bond donors (Lipinski definition) is 3. The van der Waals surface area contributed by atoms with E-state index in [9.17, 15) is 14.7 Å². The summed E-state index contributed by atoms with van der Waals surface area (Å²) in [6.07, 6.45) is -0.184. The Morgan fingerprint density at radius 2 is 1.62 bits per heavy atom. The number of amides is 1. The summed E-state index contributed by atoms with van der Waals surface area (Å²) in [5.74, 6) is -1.29. The van der Waals surface area contributed by atoms with Gasteiger partial charge in [-0.25, -0.2) is 0 Å². The number of carbonyl (C=O) groups excluding carboxylic acids is 1. The normalized spacial score (nSPS) is 11.7. The largest absolute Gasteiger partial charge is 0.481 e. The minimum atomic E-state index is -0.967. The number of aliphatic carboxylic acids is 1. The molecule has 0 aliphatic heterocycles. The molecule has 0 fully saturated rings. The Balaban J connectivity index is 1.81. The van der Waals surface area contributed by atoms with Gasteiger partial charge in [-0.2, -0.15) is 0 Å². The van der Waals surface area contributed by atoms with Crippen LogP contribution in [0.15, 0.2) is 66.7 Å². The molecular formula is C21H20N2O3. The molecule has 0 bridgehead atoms. The van der Waals surface area contributed by atoms with Crippen molar-refractivity contribution in [2.45, 2.75) is 19.4 Å². The fourth-order valence-electron chi connectivity index (χ4n) is 2.84. The number of H-pyrrole nitrogens is 1. The summed E-state index contributed by atoms with van der Waals surface area (Å²) in [5.41, 5.74) is 4.16. The lowest BCUT2D eigenvalue weighted by Gasteiger charge is -2.17. The van der Waals surface area contributed by atoms with Crippen LogP contribution < -0.4 is 5.32 Å². The van der Waals surface area contributed by atoms with Crippen LogP contribution >= 0.6 is 0 Å². The van der Waals surface area contributed by atoms with Crippen molar-refractivity contribution in [3.05, 3.63) is 83.7 Å². The van der Waals surface area contributed by atoms with Crippen molar-refractivity contribution in [1.29, 1.82) is 0 Å². The highest BCUT2D eigenvalue weighted by Crippen LogP contribution is 2.23. The van der Waals surface area contributed by atoms with Crippen LogP contribution in [0.2, 0.25) is 0 Å². The van der Waals surface area contributed by atoms with Gasteiger partial charge in [0.25, 0.3) is 5.91 Å². The first kappa shape index (κ1) is 17.5. The van der Waals surface area contributed by atoms with E-state index >= 15 is 0 Å². The van der Waals surface area contributed by atoms with Crippen LogP contribution in [0.5, 0.6) is 0 Å². The topological polar surface area (TPSA) is 82.2 Å². The smallest absolute Gasteiger partial charge is 0.305 e. The highest BCUT2D eigenvalue weighted by atomic mass is 16.4. The number of carbonyl (C=O) groups is 2. The standard InChI is InChI=1S/C21H20N2O3/c1-14-7-12-18(22-14)21(26)23-19(13-20(24)25)17-10-8-16(9-11-17)15-5-3-2-4-6-15/h2-12,19,22H,13H2,1H3,(H,23,26)(H,24,25)/t19-/m0/s1. The average Bonchev–Trinajstić information content (AvgIpc) is 3.08. The number of aryl methyl sites for hydroxylation is 1. The zero-order valence-corrected chi connectivity index (χ0v) is 14.4. The third-order valence-electron chi connectivity index (χ3n) is 4.18. The van der Waals surface area contributed by atoms with Crippen molar-refractivity contribution >= 4 is 11.9 Å². The van der Waals surface area contributed by atoms with E-state index in [2.05, 4.69) is 10.3 Å². The molecule has 3 rings (SSSR count). The average molecular weight is 348 g/mol. The summed E-state index contributed by atoms with van der Waals surface area (Å²) in [6, 6.07) is 20.4.